The highest BCUT2D eigenvalue weighted by Gasteiger charge is 2.23. The largest absolute Gasteiger partial charge is 0.455 e. The predicted molar refractivity (Wildman–Crippen MR) is 78.5 cm³/mol. The molecule has 21 heavy (non-hydrogen) atoms. The molecule has 0 aliphatic carbocycles. The first kappa shape index (κ1) is 14.1. The molecule has 2 aromatic rings. The maximum Gasteiger partial charge on any atom is 0.355 e. The first-order valence-electron chi connectivity index (χ1n) is 7.15. The number of benzene rings is 1. The van der Waals surface area contributed by atoms with E-state index in [9.17, 15) is 4.79 Å². The predicted octanol–water partition coefficient (Wildman–Crippen LogP) is 2.23. The Hall–Kier alpha value is -1.85. The van der Waals surface area contributed by atoms with E-state index in [1.165, 1.54) is 0 Å². The molecule has 5 nitrogen and oxygen atoms in total. The zero-order valence-corrected chi connectivity index (χ0v) is 12.1. The number of aromatic nitrogens is 1. The van der Waals surface area contributed by atoms with Gasteiger partial charge in [0.25, 0.3) is 0 Å². The Bertz CT molecular complexity index is 628. The van der Waals surface area contributed by atoms with Crippen LogP contribution < -0.4 is 0 Å². The van der Waals surface area contributed by atoms with E-state index >= 15 is 0 Å². The number of hydrogen-bond donors (Lipinski definition) is 0. The van der Waals surface area contributed by atoms with Crippen molar-refractivity contribution in [3.05, 3.63) is 36.0 Å². The van der Waals surface area contributed by atoms with Crippen LogP contribution in [0, 0.1) is 0 Å². The second-order valence-electron chi connectivity index (χ2n) is 5.12. The molecular formula is C16H19NO4. The normalized spacial score (nSPS) is 18.2. The highest BCUT2D eigenvalue weighted by Crippen LogP contribution is 2.21. The van der Waals surface area contributed by atoms with Crippen LogP contribution in [-0.4, -0.2) is 43.6 Å². The van der Waals surface area contributed by atoms with E-state index in [4.69, 9.17) is 14.2 Å². The number of para-hydroxylation sites is 1. The van der Waals surface area contributed by atoms with Gasteiger partial charge in [0, 0.05) is 31.0 Å². The van der Waals surface area contributed by atoms with Crippen LogP contribution in [0.2, 0.25) is 0 Å². The minimum Gasteiger partial charge on any atom is -0.455 e. The van der Waals surface area contributed by atoms with Crippen molar-refractivity contribution in [3.63, 3.8) is 0 Å². The Balaban J connectivity index is 1.89. The number of fused-ring (bicyclic) bond motifs is 1. The second-order valence-corrected chi connectivity index (χ2v) is 5.12. The van der Waals surface area contributed by atoms with Crippen molar-refractivity contribution in [2.75, 3.05) is 26.9 Å². The lowest BCUT2D eigenvalue weighted by Gasteiger charge is -2.13. The molecule has 0 N–H and O–H groups in total. The molecule has 1 aromatic heterocycles. The molecule has 5 heteroatoms. The van der Waals surface area contributed by atoms with E-state index in [1.54, 1.807) is 7.11 Å². The Kier molecular flexibility index (Phi) is 4.22. The molecule has 1 aliphatic rings. The van der Waals surface area contributed by atoms with Gasteiger partial charge in [0.2, 0.25) is 0 Å². The summed E-state index contributed by atoms with van der Waals surface area (Å²) in [5.74, 6) is -0.294. The molecule has 0 saturated carbocycles. The van der Waals surface area contributed by atoms with Gasteiger partial charge in [0.05, 0.1) is 19.8 Å². The first-order valence-corrected chi connectivity index (χ1v) is 7.15. The molecule has 1 fully saturated rings. The Morgan fingerprint density at radius 3 is 3.05 bits per heavy atom. The molecule has 0 unspecified atom stereocenters. The van der Waals surface area contributed by atoms with Gasteiger partial charge in [0.1, 0.15) is 11.8 Å². The lowest BCUT2D eigenvalue weighted by molar-refractivity contribution is 0.0258. The zero-order chi connectivity index (χ0) is 14.7. The van der Waals surface area contributed by atoms with Gasteiger partial charge in [-0.1, -0.05) is 18.2 Å². The van der Waals surface area contributed by atoms with Crippen molar-refractivity contribution in [1.29, 1.82) is 0 Å². The number of esters is 1. The number of nitrogens with zero attached hydrogens (tertiary/aromatic N) is 1. The molecule has 0 bridgehead atoms. The molecule has 1 aliphatic heterocycles. The van der Waals surface area contributed by atoms with Crippen LogP contribution in [0.25, 0.3) is 10.9 Å². The summed E-state index contributed by atoms with van der Waals surface area (Å²) < 4.78 is 17.9. The number of methoxy groups -OCH3 is 1. The SMILES string of the molecule is COCCn1c(C(=O)O[C@@H]2CCOC2)cc2ccccc21. The zero-order valence-electron chi connectivity index (χ0n) is 12.1. The summed E-state index contributed by atoms with van der Waals surface area (Å²) in [5.41, 5.74) is 1.59. The number of ether oxygens (including phenoxy) is 3. The third kappa shape index (κ3) is 2.94. The van der Waals surface area contributed by atoms with Crippen LogP contribution in [-0.2, 0) is 20.8 Å². The van der Waals surface area contributed by atoms with E-state index in [2.05, 4.69) is 0 Å². The summed E-state index contributed by atoms with van der Waals surface area (Å²) in [5, 5.41) is 1.03. The van der Waals surface area contributed by atoms with Gasteiger partial charge in [-0.25, -0.2) is 4.79 Å². The van der Waals surface area contributed by atoms with Crippen LogP contribution in [0.1, 0.15) is 16.9 Å². The average Bonchev–Trinajstić information content (AvgIpc) is 3.12. The summed E-state index contributed by atoms with van der Waals surface area (Å²) in [6.45, 7) is 2.32. The topological polar surface area (TPSA) is 49.7 Å². The Morgan fingerprint density at radius 1 is 1.43 bits per heavy atom. The monoisotopic (exact) mass is 289 g/mol. The van der Waals surface area contributed by atoms with E-state index in [0.29, 0.717) is 32.1 Å². The molecule has 0 radical (unpaired) electrons. The van der Waals surface area contributed by atoms with E-state index in [0.717, 1.165) is 17.3 Å². The number of hydrogen-bond acceptors (Lipinski definition) is 4. The molecule has 1 aromatic carbocycles. The van der Waals surface area contributed by atoms with Crippen LogP contribution in [0.5, 0.6) is 0 Å². The maximum atomic E-state index is 12.4. The third-order valence-electron chi connectivity index (χ3n) is 3.70. The fourth-order valence-electron chi connectivity index (χ4n) is 2.62. The van der Waals surface area contributed by atoms with Gasteiger partial charge < -0.3 is 18.8 Å². The lowest BCUT2D eigenvalue weighted by atomic mass is 10.2. The fourth-order valence-corrected chi connectivity index (χ4v) is 2.62. The van der Waals surface area contributed by atoms with Crippen molar-refractivity contribution in [2.24, 2.45) is 0 Å². The quantitative estimate of drug-likeness (QED) is 0.792. The molecule has 2 heterocycles. The first-order chi connectivity index (χ1) is 10.3. The van der Waals surface area contributed by atoms with Crippen molar-refractivity contribution in [2.45, 2.75) is 19.1 Å². The summed E-state index contributed by atoms with van der Waals surface area (Å²) in [4.78, 5) is 12.4. The van der Waals surface area contributed by atoms with Gasteiger partial charge in [-0.3, -0.25) is 0 Å². The summed E-state index contributed by atoms with van der Waals surface area (Å²) in [6.07, 6.45) is 0.635. The molecule has 1 atom stereocenters. The summed E-state index contributed by atoms with van der Waals surface area (Å²) in [6, 6.07) is 9.80. The minimum atomic E-state index is -0.294. The van der Waals surface area contributed by atoms with Gasteiger partial charge in [-0.05, 0) is 12.1 Å². The number of carbonyl (C=O) groups excluding carboxylic acids is 1. The Labute approximate surface area is 123 Å². The van der Waals surface area contributed by atoms with Gasteiger partial charge in [-0.15, -0.1) is 0 Å². The minimum absolute atomic E-state index is 0.133. The van der Waals surface area contributed by atoms with Crippen LogP contribution in [0.4, 0.5) is 0 Å². The van der Waals surface area contributed by atoms with Crippen molar-refractivity contribution < 1.29 is 19.0 Å². The second kappa shape index (κ2) is 6.28. The smallest absolute Gasteiger partial charge is 0.355 e. The Morgan fingerprint density at radius 2 is 2.29 bits per heavy atom. The highest BCUT2D eigenvalue weighted by molar-refractivity contribution is 5.95. The molecule has 1 saturated heterocycles. The lowest BCUT2D eigenvalue weighted by Crippen LogP contribution is -2.21. The van der Waals surface area contributed by atoms with Crippen molar-refractivity contribution in [3.8, 4) is 0 Å². The van der Waals surface area contributed by atoms with E-state index in [1.807, 2.05) is 34.9 Å². The molecular weight excluding hydrogens is 270 g/mol. The van der Waals surface area contributed by atoms with E-state index in [-0.39, 0.29) is 12.1 Å². The van der Waals surface area contributed by atoms with Gasteiger partial charge in [-0.2, -0.15) is 0 Å². The summed E-state index contributed by atoms with van der Waals surface area (Å²) >= 11 is 0. The standard InChI is InChI=1S/C16H19NO4/c1-19-9-7-17-14-5-3-2-4-12(14)10-15(17)16(18)21-13-6-8-20-11-13/h2-5,10,13H,6-9,11H2,1H3/t13-/m1/s1. The van der Waals surface area contributed by atoms with Crippen molar-refractivity contribution >= 4 is 16.9 Å². The fraction of sp³-hybridized carbons (Fsp3) is 0.438. The van der Waals surface area contributed by atoms with Crippen molar-refractivity contribution in [1.82, 2.24) is 4.57 Å². The molecule has 3 rings (SSSR count). The van der Waals surface area contributed by atoms with Gasteiger partial charge >= 0.3 is 5.97 Å². The average molecular weight is 289 g/mol. The van der Waals surface area contributed by atoms with Crippen LogP contribution >= 0.6 is 0 Å². The summed E-state index contributed by atoms with van der Waals surface area (Å²) in [7, 11) is 1.65. The molecule has 0 spiro atoms. The highest BCUT2D eigenvalue weighted by atomic mass is 16.6. The van der Waals surface area contributed by atoms with Gasteiger partial charge in [0.15, 0.2) is 0 Å². The van der Waals surface area contributed by atoms with Crippen LogP contribution in [0.15, 0.2) is 30.3 Å². The molecule has 0 amide bonds. The third-order valence-corrected chi connectivity index (χ3v) is 3.70. The van der Waals surface area contributed by atoms with E-state index < -0.39 is 0 Å². The van der Waals surface area contributed by atoms with Crippen LogP contribution in [0.3, 0.4) is 0 Å². The molecule has 112 valence electrons. The number of rotatable bonds is 5. The maximum absolute atomic E-state index is 12.4. The number of carbonyl (C=O) groups is 1.